The molecule has 1 aromatic carbocycles. The van der Waals surface area contributed by atoms with Gasteiger partial charge in [-0.2, -0.15) is 0 Å². The van der Waals surface area contributed by atoms with Crippen molar-refractivity contribution in [2.45, 2.75) is 0 Å². The molecule has 0 amide bonds. The molecule has 0 bridgehead atoms. The monoisotopic (exact) mass is 158 g/mol. The van der Waals surface area contributed by atoms with Crippen molar-refractivity contribution in [1.29, 1.82) is 0 Å². The predicted octanol–water partition coefficient (Wildman–Crippen LogP) is 2.05. The first-order valence-corrected chi connectivity index (χ1v) is 3.95. The molecule has 0 saturated heterocycles. The molecule has 0 unspecified atom stereocenters. The van der Waals surface area contributed by atoms with Crippen LogP contribution >= 0.6 is 0 Å². The minimum absolute atomic E-state index is 0.723. The number of para-hydroxylation sites is 1. The van der Waals surface area contributed by atoms with Gasteiger partial charge in [0.15, 0.2) is 0 Å². The fourth-order valence-electron chi connectivity index (χ4n) is 1.17. The lowest BCUT2D eigenvalue weighted by Crippen LogP contribution is -2.17. The Labute approximate surface area is 71.9 Å². The molecule has 1 heterocycles. The third-order valence-electron chi connectivity index (χ3n) is 1.78. The Morgan fingerprint density at radius 2 is 2.00 bits per heavy atom. The first-order chi connectivity index (χ1) is 5.97. The molecule has 0 atom stereocenters. The molecular formula is C10H10N2. The van der Waals surface area contributed by atoms with Crippen molar-refractivity contribution >= 4 is 11.9 Å². The van der Waals surface area contributed by atoms with Crippen molar-refractivity contribution in [3.63, 3.8) is 0 Å². The highest BCUT2D eigenvalue weighted by Gasteiger charge is 2.00. The van der Waals surface area contributed by atoms with Crippen molar-refractivity contribution in [3.05, 3.63) is 42.6 Å². The van der Waals surface area contributed by atoms with Gasteiger partial charge in [0.2, 0.25) is 0 Å². The number of anilines is 1. The van der Waals surface area contributed by atoms with E-state index in [1.54, 1.807) is 0 Å². The van der Waals surface area contributed by atoms with Gasteiger partial charge in [-0.3, -0.25) is 4.99 Å². The summed E-state index contributed by atoms with van der Waals surface area (Å²) in [6.07, 6.45) is 5.79. The quantitative estimate of drug-likeness (QED) is 0.610. The summed E-state index contributed by atoms with van der Waals surface area (Å²) >= 11 is 0. The van der Waals surface area contributed by atoms with Gasteiger partial charge in [0.05, 0.1) is 0 Å². The van der Waals surface area contributed by atoms with Crippen LogP contribution in [0.1, 0.15) is 0 Å². The summed E-state index contributed by atoms with van der Waals surface area (Å²) in [5.41, 5.74) is 1.19. The van der Waals surface area contributed by atoms with Gasteiger partial charge in [-0.25, -0.2) is 0 Å². The summed E-state index contributed by atoms with van der Waals surface area (Å²) < 4.78 is 0. The van der Waals surface area contributed by atoms with E-state index in [1.165, 1.54) is 5.69 Å². The molecule has 1 aromatic rings. The predicted molar refractivity (Wildman–Crippen MR) is 51.4 cm³/mol. The lowest BCUT2D eigenvalue weighted by molar-refractivity contribution is 0.970. The molecule has 2 nitrogen and oxygen atoms in total. The molecule has 2 heteroatoms. The van der Waals surface area contributed by atoms with Crippen LogP contribution in [0, 0.1) is 0 Å². The first kappa shape index (κ1) is 7.10. The number of hydrogen-bond acceptors (Lipinski definition) is 2. The van der Waals surface area contributed by atoms with Crippen LogP contribution in [0.4, 0.5) is 5.69 Å². The summed E-state index contributed by atoms with van der Waals surface area (Å²) in [7, 11) is 0. The van der Waals surface area contributed by atoms with Gasteiger partial charge in [-0.05, 0) is 18.2 Å². The maximum absolute atomic E-state index is 4.15. The molecule has 2 rings (SSSR count). The van der Waals surface area contributed by atoms with Crippen molar-refractivity contribution in [2.24, 2.45) is 4.99 Å². The topological polar surface area (TPSA) is 15.6 Å². The molecule has 0 fully saturated rings. The van der Waals surface area contributed by atoms with Crippen molar-refractivity contribution in [3.8, 4) is 0 Å². The number of rotatable bonds is 1. The Balaban J connectivity index is 2.21. The van der Waals surface area contributed by atoms with Crippen LogP contribution in [0.2, 0.25) is 0 Å². The number of aliphatic imine (C=N–C) groups is 1. The van der Waals surface area contributed by atoms with Crippen LogP contribution in [0.25, 0.3) is 0 Å². The Morgan fingerprint density at radius 3 is 2.67 bits per heavy atom. The van der Waals surface area contributed by atoms with Gasteiger partial charge in [0.25, 0.3) is 0 Å². The second-order valence-electron chi connectivity index (χ2n) is 2.62. The fraction of sp³-hybridized carbons (Fsp3) is 0.100. The highest BCUT2D eigenvalue weighted by atomic mass is 15.2. The lowest BCUT2D eigenvalue weighted by atomic mass is 10.3. The second-order valence-corrected chi connectivity index (χ2v) is 2.62. The highest BCUT2D eigenvalue weighted by Crippen LogP contribution is 2.14. The molecule has 0 aromatic heterocycles. The largest absolute Gasteiger partial charge is 0.328 e. The zero-order valence-electron chi connectivity index (χ0n) is 6.72. The van der Waals surface area contributed by atoms with Crippen LogP contribution < -0.4 is 4.90 Å². The average molecular weight is 158 g/mol. The lowest BCUT2D eigenvalue weighted by Gasteiger charge is -2.19. The number of nitrogens with zero attached hydrogens (tertiary/aromatic N) is 2. The van der Waals surface area contributed by atoms with Gasteiger partial charge in [-0.1, -0.05) is 18.2 Å². The van der Waals surface area contributed by atoms with Crippen LogP contribution in [-0.2, 0) is 0 Å². The summed E-state index contributed by atoms with van der Waals surface area (Å²) in [5.74, 6) is 0. The average Bonchev–Trinajstić information content (AvgIpc) is 2.21. The summed E-state index contributed by atoms with van der Waals surface area (Å²) in [4.78, 5) is 6.25. The van der Waals surface area contributed by atoms with E-state index in [1.807, 2.05) is 36.7 Å². The minimum atomic E-state index is 0.723. The summed E-state index contributed by atoms with van der Waals surface area (Å²) in [6.45, 7) is 0.723. The molecule has 60 valence electrons. The van der Waals surface area contributed by atoms with Crippen LogP contribution in [0.5, 0.6) is 0 Å². The second kappa shape index (κ2) is 3.22. The Morgan fingerprint density at radius 1 is 1.17 bits per heavy atom. The van der Waals surface area contributed by atoms with Crippen molar-refractivity contribution in [2.75, 3.05) is 11.6 Å². The molecular weight excluding hydrogens is 148 g/mol. The normalized spacial score (nSPS) is 15.2. The smallest absolute Gasteiger partial charge is 0.114 e. The van der Waals surface area contributed by atoms with E-state index in [4.69, 9.17) is 0 Å². The van der Waals surface area contributed by atoms with Crippen LogP contribution in [0.3, 0.4) is 0 Å². The zero-order chi connectivity index (χ0) is 8.23. The van der Waals surface area contributed by atoms with E-state index in [0.29, 0.717) is 0 Å². The fourth-order valence-corrected chi connectivity index (χ4v) is 1.17. The van der Waals surface area contributed by atoms with Gasteiger partial charge in [0.1, 0.15) is 6.67 Å². The number of hydrogen-bond donors (Lipinski definition) is 0. The van der Waals surface area contributed by atoms with Gasteiger partial charge in [0, 0.05) is 18.1 Å². The van der Waals surface area contributed by atoms with E-state index in [9.17, 15) is 0 Å². The van der Waals surface area contributed by atoms with Gasteiger partial charge >= 0.3 is 0 Å². The van der Waals surface area contributed by atoms with Crippen molar-refractivity contribution in [1.82, 2.24) is 0 Å². The van der Waals surface area contributed by atoms with Crippen LogP contribution in [-0.4, -0.2) is 12.9 Å². The minimum Gasteiger partial charge on any atom is -0.328 e. The molecule has 0 spiro atoms. The van der Waals surface area contributed by atoms with E-state index in [2.05, 4.69) is 22.0 Å². The maximum atomic E-state index is 4.15. The van der Waals surface area contributed by atoms with E-state index >= 15 is 0 Å². The Bertz CT molecular complexity index is 301. The number of allylic oxidation sites excluding steroid dienone is 1. The standard InChI is InChI=1S/C10H10N2/c1-2-5-10(6-3-1)12-8-4-7-11-9-12/h1-8H,9H2. The third kappa shape index (κ3) is 1.37. The van der Waals surface area contributed by atoms with Gasteiger partial charge in [-0.15, -0.1) is 0 Å². The Hall–Kier alpha value is -1.57. The highest BCUT2D eigenvalue weighted by molar-refractivity contribution is 5.74. The van der Waals surface area contributed by atoms with E-state index in [0.717, 1.165) is 6.67 Å². The maximum Gasteiger partial charge on any atom is 0.114 e. The molecule has 0 radical (unpaired) electrons. The molecule has 0 saturated carbocycles. The van der Waals surface area contributed by atoms with E-state index in [-0.39, 0.29) is 0 Å². The molecule has 0 N–H and O–H groups in total. The molecule has 0 aliphatic carbocycles. The number of benzene rings is 1. The van der Waals surface area contributed by atoms with E-state index < -0.39 is 0 Å². The molecule has 1 aliphatic heterocycles. The van der Waals surface area contributed by atoms with Crippen molar-refractivity contribution < 1.29 is 0 Å². The Kier molecular flexibility index (Phi) is 1.90. The molecule has 1 aliphatic rings. The first-order valence-electron chi connectivity index (χ1n) is 3.95. The molecule has 12 heavy (non-hydrogen) atoms. The zero-order valence-corrected chi connectivity index (χ0v) is 6.72. The SMILES string of the molecule is C1=CN(c2ccccc2)CN=C1. The van der Waals surface area contributed by atoms with Gasteiger partial charge < -0.3 is 4.90 Å². The summed E-state index contributed by atoms with van der Waals surface area (Å²) in [6, 6.07) is 10.2. The third-order valence-corrected chi connectivity index (χ3v) is 1.78. The summed E-state index contributed by atoms with van der Waals surface area (Å²) in [5, 5.41) is 0. The van der Waals surface area contributed by atoms with Crippen LogP contribution in [0.15, 0.2) is 47.6 Å².